The van der Waals surface area contributed by atoms with Crippen LogP contribution in [0.1, 0.15) is 48.1 Å². The van der Waals surface area contributed by atoms with Gasteiger partial charge in [0.25, 0.3) is 0 Å². The van der Waals surface area contributed by atoms with E-state index in [1.54, 1.807) is 4.88 Å². The third kappa shape index (κ3) is 2.32. The van der Waals surface area contributed by atoms with Crippen LogP contribution in [0.2, 0.25) is 0 Å². The number of thiophene rings is 1. The maximum atomic E-state index is 4.54. The van der Waals surface area contributed by atoms with Gasteiger partial charge in [0.05, 0.1) is 29.8 Å². The fourth-order valence-corrected chi connectivity index (χ4v) is 6.38. The molecule has 4 heterocycles. The van der Waals surface area contributed by atoms with Gasteiger partial charge < -0.3 is 4.57 Å². The number of benzene rings is 1. The van der Waals surface area contributed by atoms with Crippen LogP contribution in [0.25, 0.3) is 22.2 Å². The number of fused-ring (bicyclic) bond motifs is 4. The molecule has 0 unspecified atom stereocenters. The van der Waals surface area contributed by atoms with Gasteiger partial charge in [-0.05, 0) is 66.7 Å². The third-order valence-electron chi connectivity index (χ3n) is 6.55. The van der Waals surface area contributed by atoms with E-state index < -0.39 is 0 Å². The monoisotopic (exact) mass is 371 g/mol. The van der Waals surface area contributed by atoms with Crippen LogP contribution >= 0.6 is 11.3 Å². The molecule has 3 nitrogen and oxygen atoms in total. The molecule has 1 atom stereocenters. The van der Waals surface area contributed by atoms with Gasteiger partial charge >= 0.3 is 0 Å². The first-order chi connectivity index (χ1) is 13.4. The summed E-state index contributed by atoms with van der Waals surface area (Å²) < 4.78 is 2.42. The summed E-state index contributed by atoms with van der Waals surface area (Å²) in [5, 5.41) is 3.57. The lowest BCUT2D eigenvalue weighted by molar-refractivity contribution is 0.268. The van der Waals surface area contributed by atoms with Crippen molar-refractivity contribution in [3.63, 3.8) is 0 Å². The summed E-state index contributed by atoms with van der Waals surface area (Å²) in [6, 6.07) is 13.6. The zero-order chi connectivity index (χ0) is 17.8. The molecule has 1 aromatic carbocycles. The van der Waals surface area contributed by atoms with E-state index >= 15 is 0 Å². The third-order valence-corrected chi connectivity index (χ3v) is 7.53. The van der Waals surface area contributed by atoms with Gasteiger partial charge in [-0.2, -0.15) is 0 Å². The van der Waals surface area contributed by atoms with Gasteiger partial charge in [0.15, 0.2) is 0 Å². The molecular formula is C23H21N3S. The number of rotatable bonds is 2. The van der Waals surface area contributed by atoms with Crippen LogP contribution in [0, 0.1) is 5.92 Å². The van der Waals surface area contributed by atoms with Crippen LogP contribution in [-0.2, 0) is 0 Å². The second-order valence-electron chi connectivity index (χ2n) is 7.86. The molecule has 27 heavy (non-hydrogen) atoms. The Morgan fingerprint density at radius 1 is 1.00 bits per heavy atom. The first-order valence-corrected chi connectivity index (χ1v) is 10.7. The maximum absolute atomic E-state index is 4.54. The minimum absolute atomic E-state index is 0.493. The summed E-state index contributed by atoms with van der Waals surface area (Å²) >= 11 is 1.92. The average Bonchev–Trinajstić information content (AvgIpc) is 3.42. The molecule has 0 saturated heterocycles. The van der Waals surface area contributed by atoms with Crippen molar-refractivity contribution in [2.24, 2.45) is 5.92 Å². The molecule has 0 amide bonds. The fourth-order valence-electron chi connectivity index (χ4n) is 5.28. The van der Waals surface area contributed by atoms with Gasteiger partial charge in [-0.15, -0.1) is 11.3 Å². The Morgan fingerprint density at radius 3 is 2.81 bits per heavy atom. The van der Waals surface area contributed by atoms with Crippen molar-refractivity contribution in [3.8, 4) is 11.3 Å². The molecule has 1 saturated carbocycles. The minimum Gasteiger partial charge on any atom is -0.322 e. The highest BCUT2D eigenvalue weighted by atomic mass is 32.1. The minimum atomic E-state index is 0.493. The Morgan fingerprint density at radius 2 is 1.89 bits per heavy atom. The predicted molar refractivity (Wildman–Crippen MR) is 110 cm³/mol. The quantitative estimate of drug-likeness (QED) is 0.430. The largest absolute Gasteiger partial charge is 0.322 e. The number of nitrogens with zero attached hydrogens (tertiary/aromatic N) is 3. The predicted octanol–water partition coefficient (Wildman–Crippen LogP) is 6.04. The Bertz CT molecular complexity index is 1070. The smallest absolute Gasteiger partial charge is 0.0957 e. The maximum Gasteiger partial charge on any atom is 0.0957 e. The van der Waals surface area contributed by atoms with E-state index in [-0.39, 0.29) is 0 Å². The van der Waals surface area contributed by atoms with Gasteiger partial charge in [-0.3, -0.25) is 4.98 Å². The van der Waals surface area contributed by atoms with E-state index in [1.165, 1.54) is 47.9 Å². The summed E-state index contributed by atoms with van der Waals surface area (Å²) in [6.45, 7) is 0. The van der Waals surface area contributed by atoms with Crippen molar-refractivity contribution in [3.05, 3.63) is 70.9 Å². The van der Waals surface area contributed by atoms with Crippen molar-refractivity contribution in [1.82, 2.24) is 14.5 Å². The van der Waals surface area contributed by atoms with Crippen LogP contribution < -0.4 is 0 Å². The highest BCUT2D eigenvalue weighted by Gasteiger charge is 2.37. The molecule has 1 aliphatic heterocycles. The molecule has 0 N–H and O–H groups in total. The first-order valence-electron chi connectivity index (χ1n) is 9.83. The summed E-state index contributed by atoms with van der Waals surface area (Å²) in [5.41, 5.74) is 5.33. The van der Waals surface area contributed by atoms with Crippen LogP contribution in [-0.4, -0.2) is 14.5 Å². The molecule has 4 heteroatoms. The van der Waals surface area contributed by atoms with Crippen molar-refractivity contribution < 1.29 is 0 Å². The second-order valence-corrected chi connectivity index (χ2v) is 8.81. The van der Waals surface area contributed by atoms with Crippen molar-refractivity contribution >= 4 is 22.2 Å². The highest BCUT2D eigenvalue weighted by molar-refractivity contribution is 7.10. The summed E-state index contributed by atoms with van der Waals surface area (Å²) in [5.74, 6) is 1.36. The van der Waals surface area contributed by atoms with Gasteiger partial charge in [0.2, 0.25) is 0 Å². The molecule has 134 valence electrons. The number of hydrogen-bond donors (Lipinski definition) is 0. The fraction of sp³-hybridized carbons (Fsp3) is 0.304. The topological polar surface area (TPSA) is 30.7 Å². The van der Waals surface area contributed by atoms with Crippen LogP contribution in [0.5, 0.6) is 0 Å². The van der Waals surface area contributed by atoms with Gasteiger partial charge in [-0.1, -0.05) is 18.2 Å². The van der Waals surface area contributed by atoms with Crippen molar-refractivity contribution in [2.45, 2.75) is 37.6 Å². The molecule has 0 spiro atoms. The lowest BCUT2D eigenvalue weighted by Crippen LogP contribution is -2.22. The lowest BCUT2D eigenvalue weighted by Gasteiger charge is -2.33. The zero-order valence-electron chi connectivity index (χ0n) is 15.1. The Hall–Kier alpha value is -2.46. The Labute approximate surface area is 162 Å². The molecule has 2 aliphatic rings. The Kier molecular flexibility index (Phi) is 3.48. The molecule has 4 aromatic rings. The molecule has 6 rings (SSSR count). The average molecular weight is 372 g/mol. The normalized spacial score (nSPS) is 24.1. The Balaban J connectivity index is 1.28. The van der Waals surface area contributed by atoms with E-state index in [2.05, 4.69) is 56.3 Å². The summed E-state index contributed by atoms with van der Waals surface area (Å²) in [7, 11) is 0. The lowest BCUT2D eigenvalue weighted by atomic mass is 9.75. The first kappa shape index (κ1) is 15.6. The molecule has 1 fully saturated rings. The van der Waals surface area contributed by atoms with E-state index in [4.69, 9.17) is 0 Å². The number of aromatic nitrogens is 3. The van der Waals surface area contributed by atoms with E-state index in [9.17, 15) is 0 Å². The van der Waals surface area contributed by atoms with E-state index in [0.29, 0.717) is 17.9 Å². The molecule has 1 aliphatic carbocycles. The molecular weight excluding hydrogens is 350 g/mol. The number of pyridine rings is 1. The van der Waals surface area contributed by atoms with Crippen LogP contribution in [0.15, 0.2) is 60.5 Å². The van der Waals surface area contributed by atoms with E-state index in [0.717, 1.165) is 5.52 Å². The number of para-hydroxylation sites is 1. The van der Waals surface area contributed by atoms with Crippen LogP contribution in [0.3, 0.4) is 0 Å². The summed E-state index contributed by atoms with van der Waals surface area (Å²) in [4.78, 5) is 10.5. The highest BCUT2D eigenvalue weighted by Crippen LogP contribution is 2.51. The molecule has 3 aromatic heterocycles. The second kappa shape index (κ2) is 6.03. The van der Waals surface area contributed by atoms with Crippen molar-refractivity contribution in [1.29, 1.82) is 0 Å². The molecule has 0 radical (unpaired) electrons. The zero-order valence-corrected chi connectivity index (χ0v) is 15.9. The van der Waals surface area contributed by atoms with Gasteiger partial charge in [0.1, 0.15) is 0 Å². The number of imidazole rings is 1. The van der Waals surface area contributed by atoms with Crippen LogP contribution in [0.4, 0.5) is 0 Å². The molecule has 0 bridgehead atoms. The van der Waals surface area contributed by atoms with Gasteiger partial charge in [-0.25, -0.2) is 4.98 Å². The van der Waals surface area contributed by atoms with Crippen molar-refractivity contribution in [2.75, 3.05) is 0 Å². The number of hydrogen-bond acceptors (Lipinski definition) is 3. The van der Waals surface area contributed by atoms with E-state index in [1.807, 2.05) is 30.1 Å². The standard InChI is InChI=1S/C23H21N3S/c1-2-4-20-18(3-1)17(9-11-25-20)15-5-7-16(8-6-15)22-23-19(10-12-27-23)21-13-24-14-26(21)22/h1-4,9-16,22H,5-8H2/t15?,16?,22-/m1/s1. The van der Waals surface area contributed by atoms with Gasteiger partial charge in [0, 0.05) is 22.0 Å². The summed E-state index contributed by atoms with van der Waals surface area (Å²) in [6.07, 6.45) is 11.1. The SMILES string of the molecule is c1ccc2c(C3CCC([C@@H]4c5sccc5-c5cncn54)CC3)ccnc2c1.